The zero-order chi connectivity index (χ0) is 14.0. The molecule has 2 aromatic rings. The molecule has 1 aromatic carbocycles. The van der Waals surface area contributed by atoms with E-state index < -0.39 is 15.9 Å². The van der Waals surface area contributed by atoms with Crippen LogP contribution in [0.1, 0.15) is 10.5 Å². The van der Waals surface area contributed by atoms with E-state index in [2.05, 4.69) is 14.9 Å². The van der Waals surface area contributed by atoms with Gasteiger partial charge in [-0.2, -0.15) is 0 Å². The van der Waals surface area contributed by atoms with E-state index in [-0.39, 0.29) is 21.3 Å². The summed E-state index contributed by atoms with van der Waals surface area (Å²) >= 11 is 6.89. The summed E-state index contributed by atoms with van der Waals surface area (Å²) in [5, 5.41) is 12.7. The minimum Gasteiger partial charge on any atom is -0.319 e. The number of hydrogen-bond acceptors (Lipinski definition) is 6. The lowest BCUT2D eigenvalue weighted by molar-refractivity contribution is 0.102. The van der Waals surface area contributed by atoms with E-state index in [0.29, 0.717) is 0 Å². The van der Waals surface area contributed by atoms with E-state index in [4.69, 9.17) is 16.7 Å². The summed E-state index contributed by atoms with van der Waals surface area (Å²) in [6.07, 6.45) is 0. The largest absolute Gasteiger partial charge is 0.319 e. The quantitative estimate of drug-likeness (QED) is 0.879. The Bertz CT molecular complexity index is 715. The summed E-state index contributed by atoms with van der Waals surface area (Å²) in [6, 6.07) is 3.75. The molecule has 0 saturated heterocycles. The zero-order valence-corrected chi connectivity index (χ0v) is 11.6. The summed E-state index contributed by atoms with van der Waals surface area (Å²) in [4.78, 5) is 11.6. The summed E-state index contributed by atoms with van der Waals surface area (Å²) in [5.74, 6) is -0.540. The molecule has 19 heavy (non-hydrogen) atoms. The van der Waals surface area contributed by atoms with Crippen molar-refractivity contribution in [1.82, 2.24) is 9.59 Å². The van der Waals surface area contributed by atoms with E-state index in [1.807, 2.05) is 0 Å². The molecule has 100 valence electrons. The zero-order valence-electron chi connectivity index (χ0n) is 9.20. The van der Waals surface area contributed by atoms with Crippen LogP contribution in [0.5, 0.6) is 0 Å². The molecule has 0 spiro atoms. The van der Waals surface area contributed by atoms with Gasteiger partial charge in [-0.15, -0.1) is 5.10 Å². The number of nitrogens with zero attached hydrogens (tertiary/aromatic N) is 2. The van der Waals surface area contributed by atoms with Crippen molar-refractivity contribution in [3.8, 4) is 0 Å². The molecule has 10 heteroatoms. The maximum atomic E-state index is 11.7. The molecule has 7 nitrogen and oxygen atoms in total. The van der Waals surface area contributed by atoms with Gasteiger partial charge in [0.05, 0.1) is 15.6 Å². The molecule has 0 fully saturated rings. The second-order valence-electron chi connectivity index (χ2n) is 3.43. The van der Waals surface area contributed by atoms with E-state index in [1.165, 1.54) is 23.6 Å². The van der Waals surface area contributed by atoms with E-state index >= 15 is 0 Å². The molecule has 0 radical (unpaired) electrons. The number of amides is 1. The van der Waals surface area contributed by atoms with Gasteiger partial charge in [-0.3, -0.25) is 4.79 Å². The standard InChI is InChI=1S/C9H7ClN4O3S2/c10-6-2-1-5(19(11,16)17)3-7(6)12-9(15)8-4-18-14-13-8/h1-4H,(H,12,15)(H2,11,16,17). The number of aromatic nitrogens is 2. The molecule has 3 N–H and O–H groups in total. The average Bonchev–Trinajstić information content (AvgIpc) is 2.84. The van der Waals surface area contributed by atoms with Crippen LogP contribution in [0.4, 0.5) is 5.69 Å². The van der Waals surface area contributed by atoms with E-state index in [9.17, 15) is 13.2 Å². The normalized spacial score (nSPS) is 11.3. The van der Waals surface area contributed by atoms with Gasteiger partial charge in [0.2, 0.25) is 10.0 Å². The van der Waals surface area contributed by atoms with Crippen molar-refractivity contribution in [2.24, 2.45) is 5.14 Å². The minimum absolute atomic E-state index is 0.113. The highest BCUT2D eigenvalue weighted by atomic mass is 35.5. The predicted octanol–water partition coefficient (Wildman–Crippen LogP) is 1.09. The molecule has 1 heterocycles. The van der Waals surface area contributed by atoms with Gasteiger partial charge in [-0.25, -0.2) is 13.6 Å². The number of nitrogens with two attached hydrogens (primary N) is 1. The summed E-state index contributed by atoms with van der Waals surface area (Å²) in [5.41, 5.74) is 0.244. The predicted molar refractivity (Wildman–Crippen MR) is 70.7 cm³/mol. The van der Waals surface area contributed by atoms with Crippen LogP contribution in [-0.2, 0) is 10.0 Å². The van der Waals surface area contributed by atoms with Crippen LogP contribution in [-0.4, -0.2) is 23.9 Å². The highest BCUT2D eigenvalue weighted by molar-refractivity contribution is 7.89. The first-order valence-electron chi connectivity index (χ1n) is 4.78. The molecule has 0 aliphatic heterocycles. The molecule has 1 amide bonds. The Morgan fingerprint density at radius 2 is 2.16 bits per heavy atom. The van der Waals surface area contributed by atoms with E-state index in [0.717, 1.165) is 11.5 Å². The first-order valence-corrected chi connectivity index (χ1v) is 7.55. The molecule has 0 aliphatic carbocycles. The monoisotopic (exact) mass is 318 g/mol. The summed E-state index contributed by atoms with van der Waals surface area (Å²) in [7, 11) is -3.87. The number of anilines is 1. The Kier molecular flexibility index (Phi) is 3.80. The number of carbonyl (C=O) groups excluding carboxylic acids is 1. The fourth-order valence-electron chi connectivity index (χ4n) is 1.23. The highest BCUT2D eigenvalue weighted by Gasteiger charge is 2.14. The number of hydrogen-bond donors (Lipinski definition) is 2. The smallest absolute Gasteiger partial charge is 0.277 e. The second kappa shape index (κ2) is 5.21. The third-order valence-electron chi connectivity index (χ3n) is 2.11. The van der Waals surface area contributed by atoms with Gasteiger partial charge in [0.25, 0.3) is 5.91 Å². The number of sulfonamides is 1. The van der Waals surface area contributed by atoms with Gasteiger partial charge in [-0.1, -0.05) is 16.1 Å². The van der Waals surface area contributed by atoms with Gasteiger partial charge in [-0.05, 0) is 29.7 Å². The molecule has 0 atom stereocenters. The molecule has 1 aromatic heterocycles. The molecular weight excluding hydrogens is 312 g/mol. The fraction of sp³-hybridized carbons (Fsp3) is 0. The van der Waals surface area contributed by atoms with Gasteiger partial charge in [0.1, 0.15) is 0 Å². The minimum atomic E-state index is -3.87. The van der Waals surface area contributed by atoms with Crippen LogP contribution in [0.25, 0.3) is 0 Å². The lowest BCUT2D eigenvalue weighted by Gasteiger charge is -2.07. The second-order valence-corrected chi connectivity index (χ2v) is 6.01. The van der Waals surface area contributed by atoms with Crippen molar-refractivity contribution in [2.45, 2.75) is 4.90 Å². The lowest BCUT2D eigenvalue weighted by Crippen LogP contribution is -2.15. The Hall–Kier alpha value is -1.55. The molecular formula is C9H7ClN4O3S2. The molecule has 2 rings (SSSR count). The number of halogens is 1. The molecule has 0 unspecified atom stereocenters. The van der Waals surface area contributed by atoms with Crippen molar-refractivity contribution in [2.75, 3.05) is 5.32 Å². The number of rotatable bonds is 3. The van der Waals surface area contributed by atoms with Crippen LogP contribution in [0.2, 0.25) is 5.02 Å². The fourth-order valence-corrected chi connectivity index (χ4v) is 2.37. The van der Waals surface area contributed by atoms with Crippen molar-refractivity contribution in [3.63, 3.8) is 0 Å². The molecule has 0 bridgehead atoms. The van der Waals surface area contributed by atoms with E-state index in [1.54, 1.807) is 0 Å². The maximum absolute atomic E-state index is 11.7. The highest BCUT2D eigenvalue weighted by Crippen LogP contribution is 2.25. The topological polar surface area (TPSA) is 115 Å². The van der Waals surface area contributed by atoms with Gasteiger partial charge in [0.15, 0.2) is 5.69 Å². The summed E-state index contributed by atoms with van der Waals surface area (Å²) < 4.78 is 26.0. The third-order valence-corrected chi connectivity index (χ3v) is 3.85. The van der Waals surface area contributed by atoms with Crippen LogP contribution in [0.15, 0.2) is 28.5 Å². The van der Waals surface area contributed by atoms with Crippen molar-refractivity contribution in [3.05, 3.63) is 34.3 Å². The van der Waals surface area contributed by atoms with Crippen LogP contribution >= 0.6 is 23.1 Å². The number of nitrogens with one attached hydrogen (secondary N) is 1. The number of carbonyl (C=O) groups is 1. The van der Waals surface area contributed by atoms with Crippen LogP contribution < -0.4 is 10.5 Å². The van der Waals surface area contributed by atoms with Crippen LogP contribution in [0, 0.1) is 0 Å². The first kappa shape index (κ1) is 13.9. The summed E-state index contributed by atoms with van der Waals surface area (Å²) in [6.45, 7) is 0. The molecule has 0 aliphatic rings. The van der Waals surface area contributed by atoms with Gasteiger partial charge in [0, 0.05) is 5.38 Å². The Morgan fingerprint density at radius 1 is 1.42 bits per heavy atom. The Morgan fingerprint density at radius 3 is 2.74 bits per heavy atom. The number of primary sulfonamides is 1. The van der Waals surface area contributed by atoms with Crippen molar-refractivity contribution in [1.29, 1.82) is 0 Å². The van der Waals surface area contributed by atoms with Gasteiger partial charge < -0.3 is 5.32 Å². The third kappa shape index (κ3) is 3.26. The van der Waals surface area contributed by atoms with Crippen LogP contribution in [0.3, 0.4) is 0 Å². The SMILES string of the molecule is NS(=O)(=O)c1ccc(Cl)c(NC(=O)c2csnn2)c1. The van der Waals surface area contributed by atoms with Crippen molar-refractivity contribution >= 4 is 44.8 Å². The Labute approximate surface area is 117 Å². The lowest BCUT2D eigenvalue weighted by atomic mass is 10.3. The maximum Gasteiger partial charge on any atom is 0.277 e. The average molecular weight is 319 g/mol. The molecule has 0 saturated carbocycles. The first-order chi connectivity index (χ1) is 8.88. The van der Waals surface area contributed by atoms with Gasteiger partial charge >= 0.3 is 0 Å². The Balaban J connectivity index is 2.32. The number of benzene rings is 1. The van der Waals surface area contributed by atoms with Crippen molar-refractivity contribution < 1.29 is 13.2 Å².